The summed E-state index contributed by atoms with van der Waals surface area (Å²) in [6.45, 7) is 3.78. The summed E-state index contributed by atoms with van der Waals surface area (Å²) in [5.41, 5.74) is 0.697. The Morgan fingerprint density at radius 1 is 1.30 bits per heavy atom. The van der Waals surface area contributed by atoms with Gasteiger partial charge in [-0.2, -0.15) is 0 Å². The van der Waals surface area contributed by atoms with E-state index < -0.39 is 5.79 Å². The molecule has 0 spiro atoms. The average molecular weight is 299 g/mol. The maximum atomic E-state index is 11.7. The minimum absolute atomic E-state index is 0.258. The first-order valence-corrected chi connectivity index (χ1v) is 7.04. The molecule has 0 aromatic heterocycles. The van der Waals surface area contributed by atoms with E-state index in [0.29, 0.717) is 36.9 Å². The van der Waals surface area contributed by atoms with Gasteiger partial charge in [-0.25, -0.2) is 4.79 Å². The van der Waals surface area contributed by atoms with Crippen LogP contribution in [0.1, 0.15) is 19.8 Å². The first-order chi connectivity index (χ1) is 9.57. The smallest absolute Gasteiger partial charge is 0.319 e. The van der Waals surface area contributed by atoms with Crippen LogP contribution in [0.2, 0.25) is 5.02 Å². The lowest BCUT2D eigenvalue weighted by atomic mass is 10.2. The van der Waals surface area contributed by atoms with Gasteiger partial charge in [-0.1, -0.05) is 11.6 Å². The zero-order chi connectivity index (χ0) is 14.4. The number of benzene rings is 1. The van der Waals surface area contributed by atoms with Gasteiger partial charge in [0, 0.05) is 23.7 Å². The van der Waals surface area contributed by atoms with E-state index in [1.54, 1.807) is 24.3 Å². The molecule has 1 fully saturated rings. The molecule has 6 heteroatoms. The first kappa shape index (κ1) is 15.1. The minimum Gasteiger partial charge on any atom is -0.350 e. The van der Waals surface area contributed by atoms with E-state index >= 15 is 0 Å². The molecule has 0 unspecified atom stereocenters. The van der Waals surface area contributed by atoms with Gasteiger partial charge in [0.15, 0.2) is 5.79 Å². The third-order valence-corrected chi connectivity index (χ3v) is 3.32. The van der Waals surface area contributed by atoms with E-state index in [1.807, 2.05) is 6.92 Å². The van der Waals surface area contributed by atoms with Crippen molar-refractivity contribution in [3.05, 3.63) is 29.3 Å². The Kier molecular flexibility index (Phi) is 5.23. The number of amides is 2. The molecule has 0 atom stereocenters. The first-order valence-electron chi connectivity index (χ1n) is 6.66. The highest BCUT2D eigenvalue weighted by Crippen LogP contribution is 2.21. The standard InChI is InChI=1S/C14H19ClN2O3/c1-14(19-9-2-10-20-14)7-8-16-13(18)17-12-5-3-11(15)4-6-12/h3-6H,2,7-10H2,1H3,(H2,16,17,18). The monoisotopic (exact) mass is 298 g/mol. The number of urea groups is 1. The molecule has 1 aromatic carbocycles. The molecular weight excluding hydrogens is 280 g/mol. The summed E-state index contributed by atoms with van der Waals surface area (Å²) in [6, 6.07) is 6.68. The minimum atomic E-state index is -0.591. The Hall–Kier alpha value is -1.30. The number of hydrogen-bond acceptors (Lipinski definition) is 3. The van der Waals surface area contributed by atoms with Crippen molar-refractivity contribution in [1.82, 2.24) is 5.32 Å². The molecule has 2 rings (SSSR count). The summed E-state index contributed by atoms with van der Waals surface area (Å²) in [4.78, 5) is 11.7. The lowest BCUT2D eigenvalue weighted by Crippen LogP contribution is -2.41. The van der Waals surface area contributed by atoms with Crippen LogP contribution >= 0.6 is 11.6 Å². The molecule has 0 saturated carbocycles. The Balaban J connectivity index is 1.71. The zero-order valence-corrected chi connectivity index (χ0v) is 12.2. The Morgan fingerprint density at radius 2 is 1.95 bits per heavy atom. The summed E-state index contributed by atoms with van der Waals surface area (Å²) in [5, 5.41) is 6.14. The van der Waals surface area contributed by atoms with Gasteiger partial charge >= 0.3 is 6.03 Å². The van der Waals surface area contributed by atoms with Gasteiger partial charge in [0.2, 0.25) is 0 Å². The maximum Gasteiger partial charge on any atom is 0.319 e. The van der Waals surface area contributed by atoms with E-state index in [4.69, 9.17) is 21.1 Å². The average Bonchev–Trinajstić information content (AvgIpc) is 2.42. The number of hydrogen-bond donors (Lipinski definition) is 2. The molecule has 5 nitrogen and oxygen atoms in total. The van der Waals surface area contributed by atoms with Gasteiger partial charge in [-0.15, -0.1) is 0 Å². The molecule has 110 valence electrons. The van der Waals surface area contributed by atoms with E-state index in [0.717, 1.165) is 6.42 Å². The van der Waals surface area contributed by atoms with Gasteiger partial charge in [0.05, 0.1) is 13.2 Å². The highest BCUT2D eigenvalue weighted by Gasteiger charge is 2.28. The molecule has 2 amide bonds. The Morgan fingerprint density at radius 3 is 2.60 bits per heavy atom. The number of halogens is 1. The largest absolute Gasteiger partial charge is 0.350 e. The summed E-state index contributed by atoms with van der Waals surface area (Å²) < 4.78 is 11.1. The lowest BCUT2D eigenvalue weighted by molar-refractivity contribution is -0.257. The molecule has 2 N–H and O–H groups in total. The number of ether oxygens (including phenoxy) is 2. The van der Waals surface area contributed by atoms with Crippen LogP contribution in [0.25, 0.3) is 0 Å². The highest BCUT2D eigenvalue weighted by molar-refractivity contribution is 6.30. The molecule has 0 bridgehead atoms. The number of nitrogens with one attached hydrogen (secondary N) is 2. The number of anilines is 1. The summed E-state index contributed by atoms with van der Waals surface area (Å²) in [5.74, 6) is -0.591. The molecule has 1 aliphatic rings. The number of carbonyl (C=O) groups excluding carboxylic acids is 1. The predicted octanol–water partition coefficient (Wildman–Crippen LogP) is 3.00. The van der Waals surface area contributed by atoms with Crippen LogP contribution in [0, 0.1) is 0 Å². The maximum absolute atomic E-state index is 11.7. The van der Waals surface area contributed by atoms with Crippen molar-refractivity contribution in [2.24, 2.45) is 0 Å². The molecule has 20 heavy (non-hydrogen) atoms. The zero-order valence-electron chi connectivity index (χ0n) is 11.4. The van der Waals surface area contributed by atoms with Gasteiger partial charge in [-0.3, -0.25) is 0 Å². The predicted molar refractivity (Wildman–Crippen MR) is 78.0 cm³/mol. The lowest BCUT2D eigenvalue weighted by Gasteiger charge is -2.33. The summed E-state index contributed by atoms with van der Waals surface area (Å²) >= 11 is 5.78. The van der Waals surface area contributed by atoms with Crippen LogP contribution in [-0.2, 0) is 9.47 Å². The second-order valence-electron chi connectivity index (χ2n) is 4.82. The Labute approximate surface area is 123 Å². The highest BCUT2D eigenvalue weighted by atomic mass is 35.5. The summed E-state index contributed by atoms with van der Waals surface area (Å²) in [7, 11) is 0. The second kappa shape index (κ2) is 6.92. The molecule has 1 aliphatic heterocycles. The second-order valence-corrected chi connectivity index (χ2v) is 5.26. The fourth-order valence-electron chi connectivity index (χ4n) is 1.93. The van der Waals surface area contributed by atoms with Gasteiger partial charge in [0.25, 0.3) is 0 Å². The molecule has 0 radical (unpaired) electrons. The van der Waals surface area contributed by atoms with Crippen molar-refractivity contribution in [1.29, 1.82) is 0 Å². The Bertz CT molecular complexity index is 444. The van der Waals surface area contributed by atoms with Crippen LogP contribution in [0.5, 0.6) is 0 Å². The molecule has 1 heterocycles. The van der Waals surface area contributed by atoms with Crippen LogP contribution in [0.4, 0.5) is 10.5 Å². The van der Waals surface area contributed by atoms with Gasteiger partial charge in [-0.05, 0) is 37.6 Å². The van der Waals surface area contributed by atoms with Crippen LogP contribution in [0.3, 0.4) is 0 Å². The molecular formula is C14H19ClN2O3. The SMILES string of the molecule is CC1(CCNC(=O)Nc2ccc(Cl)cc2)OCCCO1. The van der Waals surface area contributed by atoms with Crippen molar-refractivity contribution in [2.45, 2.75) is 25.6 Å². The van der Waals surface area contributed by atoms with Crippen molar-refractivity contribution in [3.8, 4) is 0 Å². The van der Waals surface area contributed by atoms with Gasteiger partial charge in [0.1, 0.15) is 0 Å². The van der Waals surface area contributed by atoms with E-state index in [9.17, 15) is 4.79 Å². The third-order valence-electron chi connectivity index (χ3n) is 3.07. The fourth-order valence-corrected chi connectivity index (χ4v) is 2.06. The fraction of sp³-hybridized carbons (Fsp3) is 0.500. The van der Waals surface area contributed by atoms with Crippen molar-refractivity contribution < 1.29 is 14.3 Å². The number of rotatable bonds is 4. The van der Waals surface area contributed by atoms with Gasteiger partial charge < -0.3 is 20.1 Å². The normalized spacial score (nSPS) is 17.5. The third kappa shape index (κ3) is 4.67. The van der Waals surface area contributed by atoms with Crippen LogP contribution in [-0.4, -0.2) is 31.6 Å². The van der Waals surface area contributed by atoms with Crippen molar-refractivity contribution >= 4 is 23.3 Å². The molecule has 1 saturated heterocycles. The topological polar surface area (TPSA) is 59.6 Å². The molecule has 0 aliphatic carbocycles. The van der Waals surface area contributed by atoms with E-state index in [1.165, 1.54) is 0 Å². The summed E-state index contributed by atoms with van der Waals surface area (Å²) in [6.07, 6.45) is 1.53. The number of carbonyl (C=O) groups is 1. The quantitative estimate of drug-likeness (QED) is 0.898. The van der Waals surface area contributed by atoms with Crippen LogP contribution in [0.15, 0.2) is 24.3 Å². The van der Waals surface area contributed by atoms with E-state index in [2.05, 4.69) is 10.6 Å². The molecule has 1 aromatic rings. The van der Waals surface area contributed by atoms with E-state index in [-0.39, 0.29) is 6.03 Å². The van der Waals surface area contributed by atoms with Crippen LogP contribution < -0.4 is 10.6 Å². The van der Waals surface area contributed by atoms with Crippen molar-refractivity contribution in [3.63, 3.8) is 0 Å². The van der Waals surface area contributed by atoms with Crippen molar-refractivity contribution in [2.75, 3.05) is 25.1 Å².